The minimum atomic E-state index is -3.15. The number of hydrogen-bond acceptors (Lipinski definition) is 11. The van der Waals surface area contributed by atoms with Crippen LogP contribution in [0.4, 0.5) is 11.4 Å². The summed E-state index contributed by atoms with van der Waals surface area (Å²) in [6, 6.07) is 22.8. The fourth-order valence-corrected chi connectivity index (χ4v) is 10.3. The number of carbonyl (C=O) groups excluding carboxylic acids is 1. The molecule has 0 N–H and O–H groups in total. The van der Waals surface area contributed by atoms with Crippen LogP contribution in [0.1, 0.15) is 57.8 Å². The van der Waals surface area contributed by atoms with Crippen molar-refractivity contribution >= 4 is 76.0 Å². The summed E-state index contributed by atoms with van der Waals surface area (Å²) >= 11 is 0. The SMILES string of the molecule is CCOP(=O)(CCCn1c2ccc(C(C)=O)cc2c2cc([N+](=O)[O-])ccc21)OCC.CCOP(=O)(CCCn1c2ccccc2c2cc([N+](=O)[O-])ccc21)OCC. The molecule has 0 unspecified atom stereocenters. The second-order valence-electron chi connectivity index (χ2n) is 13.1. The molecular weight excluding hydrogens is 774 g/mol. The molecule has 0 amide bonds. The van der Waals surface area contributed by atoms with Crippen LogP contribution in [0.3, 0.4) is 0 Å². The third-order valence-electron chi connectivity index (χ3n) is 9.36. The van der Waals surface area contributed by atoms with Gasteiger partial charge in [0.1, 0.15) is 0 Å². The Bertz CT molecular complexity index is 2420. The normalized spacial score (nSPS) is 12.0. The van der Waals surface area contributed by atoms with Crippen molar-refractivity contribution in [1.82, 2.24) is 9.13 Å². The maximum absolute atomic E-state index is 12.7. The Morgan fingerprint density at radius 1 is 0.579 bits per heavy atom. The van der Waals surface area contributed by atoms with Gasteiger partial charge in [-0.2, -0.15) is 0 Å². The number of nitro benzene ring substituents is 2. The van der Waals surface area contributed by atoms with E-state index in [1.165, 1.54) is 25.1 Å². The molecule has 0 aliphatic heterocycles. The fourth-order valence-electron chi connectivity index (χ4n) is 7.03. The van der Waals surface area contributed by atoms with E-state index >= 15 is 0 Å². The van der Waals surface area contributed by atoms with Crippen LogP contribution in [0, 0.1) is 20.2 Å². The summed E-state index contributed by atoms with van der Waals surface area (Å²) in [6.45, 7) is 11.1. The molecule has 0 saturated carbocycles. The first-order valence-corrected chi connectivity index (χ1v) is 22.4. The van der Waals surface area contributed by atoms with Crippen molar-refractivity contribution in [2.75, 3.05) is 38.8 Å². The summed E-state index contributed by atoms with van der Waals surface area (Å²) < 4.78 is 51.0. The third kappa shape index (κ3) is 10.0. The Hall–Kier alpha value is -4.75. The molecule has 2 aromatic heterocycles. The van der Waals surface area contributed by atoms with E-state index < -0.39 is 20.1 Å². The first kappa shape index (κ1) is 43.4. The van der Waals surface area contributed by atoms with Crippen molar-refractivity contribution in [3.8, 4) is 0 Å². The lowest BCUT2D eigenvalue weighted by atomic mass is 10.1. The molecular formula is C40H48N4O11P2. The predicted octanol–water partition coefficient (Wildman–Crippen LogP) is 10.9. The molecule has 304 valence electrons. The Kier molecular flexibility index (Phi) is 14.6. The lowest BCUT2D eigenvalue weighted by molar-refractivity contribution is -0.384. The number of benzene rings is 4. The quantitative estimate of drug-likeness (QED) is 0.0328. The zero-order chi connectivity index (χ0) is 41.3. The molecule has 15 nitrogen and oxygen atoms in total. The zero-order valence-electron chi connectivity index (χ0n) is 32.8. The van der Waals surface area contributed by atoms with Gasteiger partial charge in [0.2, 0.25) is 0 Å². The van der Waals surface area contributed by atoms with E-state index in [-0.39, 0.29) is 28.2 Å². The van der Waals surface area contributed by atoms with E-state index in [2.05, 4.69) is 4.57 Å². The molecule has 6 rings (SSSR count). The second kappa shape index (κ2) is 19.1. The van der Waals surface area contributed by atoms with Gasteiger partial charge >= 0.3 is 15.2 Å². The molecule has 0 bridgehead atoms. The number of Topliss-reactive ketones (excluding diaryl/α,β-unsaturated/α-hetero) is 1. The molecule has 2 heterocycles. The lowest BCUT2D eigenvalue weighted by Gasteiger charge is -2.17. The standard InChI is InChI=1S/C21H25N2O6P.C19H23N2O5P/c1-4-28-30(27,29-5-2)12-6-11-22-20-9-7-16(15(3)24)13-18(20)19-14-17(23(25)26)8-10-21(19)22;1-3-25-27(24,26-4-2)13-7-12-20-18-9-6-5-8-16(18)17-14-15(21(22)23)10-11-19(17)20/h7-10,13-14H,4-6,11-12H2,1-3H3;5-6,8-11,14H,3-4,7,12-13H2,1-2H3. The molecule has 0 spiro atoms. The summed E-state index contributed by atoms with van der Waals surface area (Å²) in [7, 11) is -6.23. The highest BCUT2D eigenvalue weighted by molar-refractivity contribution is 7.54. The number of nitrogens with zero attached hydrogens (tertiary/aromatic N) is 4. The van der Waals surface area contributed by atoms with Gasteiger partial charge in [-0.3, -0.25) is 34.2 Å². The highest BCUT2D eigenvalue weighted by Gasteiger charge is 2.25. The summed E-state index contributed by atoms with van der Waals surface area (Å²) in [5.74, 6) is -0.0717. The maximum atomic E-state index is 12.7. The molecule has 0 aliphatic carbocycles. The number of ketones is 1. The van der Waals surface area contributed by atoms with Crippen LogP contribution in [0.15, 0.2) is 78.9 Å². The van der Waals surface area contributed by atoms with Crippen molar-refractivity contribution in [2.24, 2.45) is 0 Å². The number of carbonyl (C=O) groups is 1. The molecule has 0 atom stereocenters. The Morgan fingerprint density at radius 3 is 1.39 bits per heavy atom. The van der Waals surface area contributed by atoms with Crippen LogP contribution < -0.4 is 0 Å². The molecule has 6 aromatic rings. The van der Waals surface area contributed by atoms with Gasteiger partial charge in [-0.15, -0.1) is 0 Å². The monoisotopic (exact) mass is 822 g/mol. The number of fused-ring (bicyclic) bond motifs is 6. The summed E-state index contributed by atoms with van der Waals surface area (Å²) in [5, 5.41) is 25.7. The topological polar surface area (TPSA) is 184 Å². The van der Waals surface area contributed by atoms with Gasteiger partial charge in [-0.05, 0) is 83.9 Å². The van der Waals surface area contributed by atoms with Crippen molar-refractivity contribution in [3.63, 3.8) is 0 Å². The zero-order valence-corrected chi connectivity index (χ0v) is 34.5. The number of para-hydroxylation sites is 1. The van der Waals surface area contributed by atoms with Crippen LogP contribution in [0.25, 0.3) is 43.6 Å². The summed E-state index contributed by atoms with van der Waals surface area (Å²) in [4.78, 5) is 33.4. The van der Waals surface area contributed by atoms with Gasteiger partial charge in [0, 0.05) is 86.5 Å². The average Bonchev–Trinajstić information content (AvgIpc) is 3.66. The van der Waals surface area contributed by atoms with Crippen LogP contribution in [-0.2, 0) is 40.3 Å². The number of aryl methyl sites for hydroxylation is 2. The number of nitro groups is 2. The van der Waals surface area contributed by atoms with Crippen molar-refractivity contribution in [1.29, 1.82) is 0 Å². The van der Waals surface area contributed by atoms with Crippen LogP contribution >= 0.6 is 15.2 Å². The smallest absolute Gasteiger partial charge is 0.330 e. The molecule has 0 radical (unpaired) electrons. The first-order chi connectivity index (χ1) is 27.3. The third-order valence-corrected chi connectivity index (χ3v) is 13.7. The average molecular weight is 823 g/mol. The van der Waals surface area contributed by atoms with Crippen LogP contribution in [-0.4, -0.2) is 63.5 Å². The largest absolute Gasteiger partial charge is 0.340 e. The molecule has 0 fully saturated rings. The highest BCUT2D eigenvalue weighted by atomic mass is 31.2. The van der Waals surface area contributed by atoms with E-state index in [1.807, 2.05) is 34.9 Å². The van der Waals surface area contributed by atoms with Crippen molar-refractivity contribution in [2.45, 2.75) is 60.5 Å². The molecule has 57 heavy (non-hydrogen) atoms. The fraction of sp³-hybridized carbons (Fsp3) is 0.375. The highest BCUT2D eigenvalue weighted by Crippen LogP contribution is 2.49. The maximum Gasteiger partial charge on any atom is 0.330 e. The minimum absolute atomic E-state index is 0.00743. The minimum Gasteiger partial charge on any atom is -0.340 e. The van der Waals surface area contributed by atoms with Gasteiger partial charge in [-0.25, -0.2) is 0 Å². The predicted molar refractivity (Wildman–Crippen MR) is 223 cm³/mol. The van der Waals surface area contributed by atoms with Crippen molar-refractivity contribution in [3.05, 3.63) is 105 Å². The number of rotatable bonds is 19. The second-order valence-corrected chi connectivity index (χ2v) is 17.4. The number of aromatic nitrogens is 2. The molecule has 0 saturated heterocycles. The Morgan fingerprint density at radius 2 is 0.965 bits per heavy atom. The first-order valence-electron chi connectivity index (χ1n) is 18.9. The summed E-state index contributed by atoms with van der Waals surface area (Å²) in [5.41, 5.74) is 4.21. The van der Waals surface area contributed by atoms with Crippen LogP contribution in [0.5, 0.6) is 0 Å². The van der Waals surface area contributed by atoms with E-state index in [1.54, 1.807) is 58.0 Å². The molecule has 4 aromatic carbocycles. The number of non-ortho nitro benzene ring substituents is 2. The number of hydrogen-bond donors (Lipinski definition) is 0. The van der Waals surface area contributed by atoms with E-state index in [9.17, 15) is 34.2 Å². The van der Waals surface area contributed by atoms with Gasteiger partial charge in [0.25, 0.3) is 11.4 Å². The lowest BCUT2D eigenvalue weighted by Crippen LogP contribution is -2.05. The van der Waals surface area contributed by atoms with Gasteiger partial charge < -0.3 is 27.2 Å². The molecule has 0 aliphatic rings. The summed E-state index contributed by atoms with van der Waals surface area (Å²) in [6.07, 6.45) is 1.76. The van der Waals surface area contributed by atoms with Gasteiger partial charge in [0.05, 0.1) is 48.6 Å². The Labute approximate surface area is 330 Å². The van der Waals surface area contributed by atoms with Crippen LogP contribution in [0.2, 0.25) is 0 Å². The van der Waals surface area contributed by atoms with E-state index in [4.69, 9.17) is 18.1 Å². The van der Waals surface area contributed by atoms with Gasteiger partial charge in [-0.1, -0.05) is 18.2 Å². The van der Waals surface area contributed by atoms with Crippen molar-refractivity contribution < 1.29 is 41.9 Å². The van der Waals surface area contributed by atoms with Gasteiger partial charge in [0.15, 0.2) is 5.78 Å². The van der Waals surface area contributed by atoms with E-state index in [0.717, 1.165) is 38.2 Å². The van der Waals surface area contributed by atoms with E-state index in [0.29, 0.717) is 69.5 Å². The molecule has 17 heteroatoms. The Balaban J connectivity index is 0.000000219.